The van der Waals surface area contributed by atoms with Crippen molar-refractivity contribution in [1.82, 2.24) is 24.7 Å². The van der Waals surface area contributed by atoms with Gasteiger partial charge in [-0.15, -0.1) is 0 Å². The zero-order chi connectivity index (χ0) is 11.8. The van der Waals surface area contributed by atoms with E-state index in [2.05, 4.69) is 20.1 Å². The number of H-pyrrole nitrogens is 2. The third kappa shape index (κ3) is 1.56. The number of aromatic nitrogens is 5. The Kier molecular flexibility index (Phi) is 2.12. The molecule has 0 aromatic carbocycles. The molecule has 0 saturated carbocycles. The largest absolute Gasteiger partial charge is 0.316 e. The molecule has 2 N–H and O–H groups in total. The summed E-state index contributed by atoms with van der Waals surface area (Å²) in [6.07, 6.45) is 3.14. The Bertz CT molecular complexity index is 786. The van der Waals surface area contributed by atoms with E-state index < -0.39 is 0 Å². The van der Waals surface area contributed by atoms with Gasteiger partial charge in [-0.3, -0.25) is 9.78 Å². The van der Waals surface area contributed by atoms with E-state index in [1.807, 2.05) is 12.1 Å². The van der Waals surface area contributed by atoms with Gasteiger partial charge in [0, 0.05) is 6.20 Å². The van der Waals surface area contributed by atoms with E-state index in [-0.39, 0.29) is 10.3 Å². The van der Waals surface area contributed by atoms with Crippen molar-refractivity contribution in [3.63, 3.8) is 0 Å². The van der Waals surface area contributed by atoms with E-state index >= 15 is 0 Å². The van der Waals surface area contributed by atoms with Crippen LogP contribution < -0.4 is 5.56 Å². The summed E-state index contributed by atoms with van der Waals surface area (Å²) in [4.78, 5) is 21.2. The van der Waals surface area contributed by atoms with Gasteiger partial charge in [-0.25, -0.2) is 4.98 Å². The summed E-state index contributed by atoms with van der Waals surface area (Å²) < 4.78 is 1.81. The second kappa shape index (κ2) is 3.63. The van der Waals surface area contributed by atoms with Crippen LogP contribution in [0.15, 0.2) is 35.4 Å². The van der Waals surface area contributed by atoms with Crippen LogP contribution in [0.1, 0.15) is 0 Å². The van der Waals surface area contributed by atoms with E-state index in [1.165, 1.54) is 6.20 Å². The fourth-order valence-corrected chi connectivity index (χ4v) is 1.79. The zero-order valence-corrected chi connectivity index (χ0v) is 9.36. The maximum absolute atomic E-state index is 11.6. The lowest BCUT2D eigenvalue weighted by molar-refractivity contribution is 0.860. The molecule has 0 aliphatic carbocycles. The molecule has 0 unspecified atom stereocenters. The van der Waals surface area contributed by atoms with Crippen molar-refractivity contribution in [3.05, 3.63) is 45.7 Å². The summed E-state index contributed by atoms with van der Waals surface area (Å²) in [5.41, 5.74) is 0.281. The summed E-state index contributed by atoms with van der Waals surface area (Å²) in [5.74, 6) is 0.624. The van der Waals surface area contributed by atoms with Crippen molar-refractivity contribution >= 4 is 23.3 Å². The lowest BCUT2D eigenvalue weighted by Crippen LogP contribution is -2.08. The average molecular weight is 245 g/mol. The first-order valence-corrected chi connectivity index (χ1v) is 5.28. The molecule has 0 radical (unpaired) electrons. The molecule has 0 atom stereocenters. The molecule has 3 aromatic rings. The molecule has 0 saturated heterocycles. The van der Waals surface area contributed by atoms with Crippen LogP contribution in [0.2, 0.25) is 0 Å². The standard InChI is InChI=1S/C10H7N5OS/c16-9-6-5-12-15(7-3-1-2-4-11-7)8(6)13-10(17)14-9/h1-5H,(H2,13,14,16,17). The highest BCUT2D eigenvalue weighted by atomic mass is 32.1. The van der Waals surface area contributed by atoms with Crippen molar-refractivity contribution in [2.45, 2.75) is 0 Å². The van der Waals surface area contributed by atoms with Gasteiger partial charge in [0.05, 0.1) is 6.20 Å². The minimum Gasteiger partial charge on any atom is -0.316 e. The van der Waals surface area contributed by atoms with Gasteiger partial charge < -0.3 is 4.98 Å². The first-order valence-electron chi connectivity index (χ1n) is 4.87. The van der Waals surface area contributed by atoms with Crippen LogP contribution in [0.25, 0.3) is 16.9 Å². The summed E-state index contributed by atoms with van der Waals surface area (Å²) in [5, 5.41) is 4.57. The second-order valence-corrected chi connectivity index (χ2v) is 3.82. The highest BCUT2D eigenvalue weighted by Crippen LogP contribution is 2.10. The summed E-state index contributed by atoms with van der Waals surface area (Å²) in [6.45, 7) is 0. The Morgan fingerprint density at radius 2 is 2.18 bits per heavy atom. The lowest BCUT2D eigenvalue weighted by Gasteiger charge is -2.00. The topological polar surface area (TPSA) is 79.4 Å². The smallest absolute Gasteiger partial charge is 0.262 e. The van der Waals surface area contributed by atoms with Crippen LogP contribution in [-0.4, -0.2) is 24.7 Å². The number of nitrogens with zero attached hydrogens (tertiary/aromatic N) is 3. The van der Waals surface area contributed by atoms with Gasteiger partial charge in [0.1, 0.15) is 5.39 Å². The Labute approximate surface area is 100.0 Å². The molecule has 3 aromatic heterocycles. The van der Waals surface area contributed by atoms with Crippen molar-refractivity contribution in [2.24, 2.45) is 0 Å². The van der Waals surface area contributed by atoms with E-state index in [0.717, 1.165) is 0 Å². The number of hydrogen-bond donors (Lipinski definition) is 2. The fraction of sp³-hybridized carbons (Fsp3) is 0. The van der Waals surface area contributed by atoms with Crippen LogP contribution in [0.4, 0.5) is 0 Å². The minimum absolute atomic E-state index is 0.258. The quantitative estimate of drug-likeness (QED) is 0.631. The van der Waals surface area contributed by atoms with E-state index in [9.17, 15) is 4.79 Å². The van der Waals surface area contributed by atoms with Gasteiger partial charge in [-0.2, -0.15) is 9.78 Å². The van der Waals surface area contributed by atoms with Gasteiger partial charge in [-0.05, 0) is 24.4 Å². The second-order valence-electron chi connectivity index (χ2n) is 3.41. The highest BCUT2D eigenvalue weighted by molar-refractivity contribution is 7.71. The van der Waals surface area contributed by atoms with Crippen LogP contribution in [0.3, 0.4) is 0 Å². The molecular formula is C10H7N5OS. The summed E-state index contributed by atoms with van der Waals surface area (Å²) >= 11 is 4.93. The maximum Gasteiger partial charge on any atom is 0.262 e. The molecule has 3 rings (SSSR count). The van der Waals surface area contributed by atoms with Crippen molar-refractivity contribution in [1.29, 1.82) is 0 Å². The van der Waals surface area contributed by atoms with E-state index in [4.69, 9.17) is 12.2 Å². The molecule has 0 aliphatic rings. The first-order chi connectivity index (χ1) is 8.25. The molecule has 0 aliphatic heterocycles. The highest BCUT2D eigenvalue weighted by Gasteiger charge is 2.08. The third-order valence-electron chi connectivity index (χ3n) is 2.34. The van der Waals surface area contributed by atoms with Crippen molar-refractivity contribution in [3.8, 4) is 5.82 Å². The molecule has 3 heterocycles. The number of nitrogens with one attached hydrogen (secondary N) is 2. The zero-order valence-electron chi connectivity index (χ0n) is 8.54. The maximum atomic E-state index is 11.6. The Morgan fingerprint density at radius 3 is 2.94 bits per heavy atom. The number of aromatic amines is 2. The number of fused-ring (bicyclic) bond motifs is 1. The normalized spacial score (nSPS) is 10.8. The molecule has 0 bridgehead atoms. The SMILES string of the molecule is O=c1[nH]c(=S)[nH]c2c1cnn2-c1ccccn1. The molecule has 0 amide bonds. The predicted octanol–water partition coefficient (Wildman–Crippen LogP) is 1.17. The molecule has 6 nitrogen and oxygen atoms in total. The monoisotopic (exact) mass is 245 g/mol. The lowest BCUT2D eigenvalue weighted by atomic mass is 10.4. The Balaban J connectivity index is 2.40. The van der Waals surface area contributed by atoms with E-state index in [0.29, 0.717) is 16.9 Å². The number of rotatable bonds is 1. The van der Waals surface area contributed by atoms with E-state index in [1.54, 1.807) is 16.9 Å². The summed E-state index contributed by atoms with van der Waals surface area (Å²) in [6, 6.07) is 5.45. The Morgan fingerprint density at radius 1 is 1.29 bits per heavy atom. The molecule has 7 heteroatoms. The summed E-state index contributed by atoms with van der Waals surface area (Å²) in [7, 11) is 0. The predicted molar refractivity (Wildman–Crippen MR) is 64.7 cm³/mol. The molecule has 84 valence electrons. The molecule has 17 heavy (non-hydrogen) atoms. The first kappa shape index (κ1) is 9.91. The number of pyridine rings is 1. The molecular weight excluding hydrogens is 238 g/mol. The minimum atomic E-state index is -0.258. The van der Waals surface area contributed by atoms with Crippen LogP contribution in [0.5, 0.6) is 0 Å². The van der Waals surface area contributed by atoms with Gasteiger partial charge in [0.15, 0.2) is 16.2 Å². The average Bonchev–Trinajstić information content (AvgIpc) is 2.74. The fourth-order valence-electron chi connectivity index (χ4n) is 1.60. The Hall–Kier alpha value is -2.28. The van der Waals surface area contributed by atoms with Gasteiger partial charge in [0.2, 0.25) is 0 Å². The number of hydrogen-bond acceptors (Lipinski definition) is 4. The van der Waals surface area contributed by atoms with Crippen molar-refractivity contribution in [2.75, 3.05) is 0 Å². The van der Waals surface area contributed by atoms with Crippen LogP contribution in [0, 0.1) is 4.77 Å². The van der Waals surface area contributed by atoms with Crippen molar-refractivity contribution < 1.29 is 0 Å². The van der Waals surface area contributed by atoms with Gasteiger partial charge in [0.25, 0.3) is 5.56 Å². The van der Waals surface area contributed by atoms with Gasteiger partial charge in [-0.1, -0.05) is 6.07 Å². The van der Waals surface area contributed by atoms with Gasteiger partial charge >= 0.3 is 0 Å². The third-order valence-corrected chi connectivity index (χ3v) is 2.54. The van der Waals surface area contributed by atoms with Crippen LogP contribution in [-0.2, 0) is 0 Å². The molecule has 0 spiro atoms. The van der Waals surface area contributed by atoms with Crippen LogP contribution >= 0.6 is 12.2 Å². The molecule has 0 fully saturated rings.